The van der Waals surface area contributed by atoms with E-state index in [9.17, 15) is 0 Å². The van der Waals surface area contributed by atoms with Crippen molar-refractivity contribution < 1.29 is 5.11 Å². The van der Waals surface area contributed by atoms with E-state index in [4.69, 9.17) is 5.11 Å². The first kappa shape index (κ1) is 2.12. The summed E-state index contributed by atoms with van der Waals surface area (Å²) in [5.41, 5.74) is 2.66. The minimum atomic E-state index is -0.500. The summed E-state index contributed by atoms with van der Waals surface area (Å²) in [5, 5.41) is 10.3. The molecule has 2 atom stereocenters. The zero-order valence-corrected chi connectivity index (χ0v) is 2.60. The Hall–Kier alpha value is -0.120. The van der Waals surface area contributed by atoms with Crippen molar-refractivity contribution in [2.45, 2.75) is 5.85 Å². The minimum absolute atomic E-state index is 0.500. The topological polar surface area (TPSA) is 45.2 Å². The highest BCUT2D eigenvalue weighted by Crippen LogP contribution is 2.37. The summed E-state index contributed by atoms with van der Waals surface area (Å²) in [6, 6.07) is 0. The van der Waals surface area contributed by atoms with Crippen LogP contribution in [0.5, 0.6) is 0 Å². The van der Waals surface area contributed by atoms with Crippen molar-refractivity contribution in [1.29, 1.82) is 0 Å². The molecule has 0 aromatic carbocycles. The lowest BCUT2D eigenvalue weighted by molar-refractivity contribution is 0.205. The van der Waals surface area contributed by atoms with E-state index >= 15 is 0 Å². The molecule has 5 heavy (non-hydrogen) atoms. The number of hydrogen-bond acceptors (Lipinski definition) is 3. The summed E-state index contributed by atoms with van der Waals surface area (Å²) >= 11 is 0. The Kier molecular flexibility index (Phi) is 0.116. The summed E-state index contributed by atoms with van der Waals surface area (Å²) in [5.74, 6) is -0.500. The van der Waals surface area contributed by atoms with Gasteiger partial charge in [-0.15, -0.1) is 0 Å². The van der Waals surface area contributed by atoms with Crippen molar-refractivity contribution in [2.75, 3.05) is 6.54 Å². The number of nitrogens with zero attached hydrogens (tertiary/aromatic N) is 1. The van der Waals surface area contributed by atoms with Crippen molar-refractivity contribution in [1.82, 2.24) is 10.4 Å². The lowest BCUT2D eigenvalue weighted by Gasteiger charge is -1.76. The minimum Gasteiger partial charge on any atom is -0.360 e. The van der Waals surface area contributed by atoms with Gasteiger partial charge in [0.05, 0.1) is 6.54 Å². The summed E-state index contributed by atoms with van der Waals surface area (Å²) in [6.07, 6.45) is 0. The third-order valence-corrected chi connectivity index (χ3v) is 0.986. The summed E-state index contributed by atoms with van der Waals surface area (Å²) in [4.78, 5) is 0. The standard InChI is InChI=1S/C2H4N2O/c5-2-1-4(2)3-2/h3,5H,1H2. The fourth-order valence-corrected chi connectivity index (χ4v) is 0.360. The number of fused-ring (bicyclic) bond motifs is 1. The first-order valence-corrected chi connectivity index (χ1v) is 1.59. The second kappa shape index (κ2) is 0.272. The van der Waals surface area contributed by atoms with E-state index < -0.39 is 5.85 Å². The molecule has 0 radical (unpaired) electrons. The highest BCUT2D eigenvalue weighted by Gasteiger charge is 2.68. The van der Waals surface area contributed by atoms with Crippen molar-refractivity contribution in [2.24, 2.45) is 0 Å². The van der Waals surface area contributed by atoms with Crippen molar-refractivity contribution in [3.8, 4) is 0 Å². The SMILES string of the molecule is OC12CN1N2. The Morgan fingerprint density at radius 1 is 2.00 bits per heavy atom. The molecule has 0 aromatic rings. The van der Waals surface area contributed by atoms with Gasteiger partial charge >= 0.3 is 0 Å². The molecule has 0 saturated carbocycles. The van der Waals surface area contributed by atoms with Crippen LogP contribution < -0.4 is 5.43 Å². The average Bonchev–Trinajstić information content (AvgIpc) is 1.74. The first-order chi connectivity index (χ1) is 2.31. The fraction of sp³-hybridized carbons (Fsp3) is 1.00. The second-order valence-electron chi connectivity index (χ2n) is 1.51. The maximum atomic E-state index is 8.52. The molecule has 0 aliphatic carbocycles. The molecule has 0 spiro atoms. The Bertz CT molecular complexity index is 75.7. The molecule has 2 unspecified atom stereocenters. The molecule has 3 nitrogen and oxygen atoms in total. The molecule has 0 amide bonds. The third-order valence-electron chi connectivity index (χ3n) is 0.986. The number of rotatable bonds is 0. The summed E-state index contributed by atoms with van der Waals surface area (Å²) < 4.78 is 0. The Labute approximate surface area is 29.2 Å². The molecule has 2 rings (SSSR count). The van der Waals surface area contributed by atoms with Crippen LogP contribution in [0.4, 0.5) is 0 Å². The highest BCUT2D eigenvalue weighted by molar-refractivity contribution is 5.05. The van der Waals surface area contributed by atoms with E-state index in [2.05, 4.69) is 5.43 Å². The van der Waals surface area contributed by atoms with Crippen molar-refractivity contribution in [3.05, 3.63) is 0 Å². The van der Waals surface area contributed by atoms with E-state index in [1.165, 1.54) is 0 Å². The third kappa shape index (κ3) is 0.0972. The van der Waals surface area contributed by atoms with Crippen LogP contribution in [-0.2, 0) is 0 Å². The fourth-order valence-electron chi connectivity index (χ4n) is 0.360. The zero-order valence-electron chi connectivity index (χ0n) is 2.60. The van der Waals surface area contributed by atoms with Gasteiger partial charge in [0.2, 0.25) is 5.85 Å². The predicted molar refractivity (Wildman–Crippen MR) is 14.8 cm³/mol. The molecular formula is C2H4N2O. The molecule has 2 N–H and O–H groups in total. The van der Waals surface area contributed by atoms with Gasteiger partial charge in [0.15, 0.2) is 0 Å². The molecule has 2 aliphatic heterocycles. The number of aliphatic hydroxyl groups is 1. The normalized spacial score (nSPS) is 70.2. The van der Waals surface area contributed by atoms with Crippen molar-refractivity contribution in [3.63, 3.8) is 0 Å². The maximum Gasteiger partial charge on any atom is 0.215 e. The van der Waals surface area contributed by atoms with Crippen LogP contribution in [0.25, 0.3) is 0 Å². The van der Waals surface area contributed by atoms with Gasteiger partial charge in [0, 0.05) is 0 Å². The predicted octanol–water partition coefficient (Wildman–Crippen LogP) is -1.53. The van der Waals surface area contributed by atoms with E-state index in [0.717, 1.165) is 6.54 Å². The average molecular weight is 72.1 g/mol. The first-order valence-electron chi connectivity index (χ1n) is 1.59. The van der Waals surface area contributed by atoms with Crippen molar-refractivity contribution >= 4 is 0 Å². The van der Waals surface area contributed by atoms with Gasteiger partial charge in [-0.05, 0) is 0 Å². The molecule has 28 valence electrons. The molecule has 2 heterocycles. The lowest BCUT2D eigenvalue weighted by atomic mass is 10.7. The van der Waals surface area contributed by atoms with Gasteiger partial charge in [0.1, 0.15) is 0 Å². The number of nitrogens with one attached hydrogen (secondary N) is 1. The van der Waals surface area contributed by atoms with Gasteiger partial charge < -0.3 is 5.11 Å². The van der Waals surface area contributed by atoms with E-state index in [-0.39, 0.29) is 0 Å². The van der Waals surface area contributed by atoms with Gasteiger partial charge in [-0.2, -0.15) is 5.01 Å². The quantitative estimate of drug-likeness (QED) is 0.341. The molecule has 2 saturated heterocycles. The largest absolute Gasteiger partial charge is 0.360 e. The van der Waals surface area contributed by atoms with Crippen LogP contribution in [0.1, 0.15) is 0 Å². The van der Waals surface area contributed by atoms with Crippen LogP contribution in [0, 0.1) is 0 Å². The van der Waals surface area contributed by atoms with Crippen LogP contribution in [0.3, 0.4) is 0 Å². The van der Waals surface area contributed by atoms with Crippen LogP contribution in [0.15, 0.2) is 0 Å². The van der Waals surface area contributed by atoms with Gasteiger partial charge in [-0.25, -0.2) is 5.43 Å². The monoisotopic (exact) mass is 72.0 g/mol. The smallest absolute Gasteiger partial charge is 0.215 e. The molecule has 2 fully saturated rings. The second-order valence-corrected chi connectivity index (χ2v) is 1.51. The summed E-state index contributed by atoms with van der Waals surface area (Å²) in [6.45, 7) is 0.826. The maximum absolute atomic E-state index is 8.52. The zero-order chi connectivity index (χ0) is 3.49. The van der Waals surface area contributed by atoms with Gasteiger partial charge in [0.25, 0.3) is 0 Å². The van der Waals surface area contributed by atoms with Gasteiger partial charge in [-0.3, -0.25) is 0 Å². The molecule has 3 heteroatoms. The molecule has 0 bridgehead atoms. The van der Waals surface area contributed by atoms with Crippen LogP contribution >= 0.6 is 0 Å². The van der Waals surface area contributed by atoms with E-state index in [1.54, 1.807) is 5.01 Å². The summed E-state index contributed by atoms with van der Waals surface area (Å²) in [7, 11) is 0. The Morgan fingerprint density at radius 2 is 2.20 bits per heavy atom. The van der Waals surface area contributed by atoms with E-state index in [1.807, 2.05) is 0 Å². The molecular weight excluding hydrogens is 68.0 g/mol. The van der Waals surface area contributed by atoms with Crippen LogP contribution in [0.2, 0.25) is 0 Å². The molecule has 2 aliphatic rings. The van der Waals surface area contributed by atoms with Crippen LogP contribution in [-0.4, -0.2) is 22.5 Å². The van der Waals surface area contributed by atoms with Gasteiger partial charge in [-0.1, -0.05) is 0 Å². The lowest BCUT2D eigenvalue weighted by Crippen LogP contribution is -2.10. The Balaban J connectivity index is 2.37. The number of hydrazine groups is 1. The Morgan fingerprint density at radius 3 is 2.20 bits per heavy atom. The molecule has 0 aromatic heterocycles. The number of hydrogen-bond donors (Lipinski definition) is 2. The van der Waals surface area contributed by atoms with E-state index in [0.29, 0.717) is 0 Å². The highest BCUT2D eigenvalue weighted by atomic mass is 16.4.